The van der Waals surface area contributed by atoms with E-state index in [0.29, 0.717) is 11.5 Å². The highest BCUT2D eigenvalue weighted by atomic mass is 16.5. The van der Waals surface area contributed by atoms with E-state index in [1.165, 1.54) is 0 Å². The average Bonchev–Trinajstić information content (AvgIpc) is 3.25. The Morgan fingerprint density at radius 1 is 0.963 bits per heavy atom. The molecule has 8 nitrogen and oxygen atoms in total. The Morgan fingerprint density at radius 2 is 1.74 bits per heavy atom. The number of methoxy groups -OCH3 is 2. The van der Waals surface area contributed by atoms with Crippen molar-refractivity contribution in [3.8, 4) is 11.5 Å². The number of aromatic nitrogens is 4. The monoisotopic (exact) mass is 368 g/mol. The van der Waals surface area contributed by atoms with Crippen LogP contribution in [0.3, 0.4) is 0 Å². The second-order valence-corrected chi connectivity index (χ2v) is 6.55. The zero-order valence-corrected chi connectivity index (χ0v) is 15.7. The van der Waals surface area contributed by atoms with Crippen LogP contribution in [0.5, 0.6) is 11.5 Å². The summed E-state index contributed by atoms with van der Waals surface area (Å²) in [4.78, 5) is 17.9. The molecular formula is C19H24N6O2. The fourth-order valence-corrected chi connectivity index (χ4v) is 3.48. The van der Waals surface area contributed by atoms with Gasteiger partial charge in [0.2, 0.25) is 0 Å². The van der Waals surface area contributed by atoms with Gasteiger partial charge in [-0.3, -0.25) is 4.90 Å². The third-order valence-electron chi connectivity index (χ3n) is 5.03. The third kappa shape index (κ3) is 3.66. The van der Waals surface area contributed by atoms with Crippen LogP contribution in [0, 0.1) is 0 Å². The van der Waals surface area contributed by atoms with E-state index in [2.05, 4.69) is 29.3 Å². The lowest BCUT2D eigenvalue weighted by molar-refractivity contribution is 0.248. The predicted molar refractivity (Wildman–Crippen MR) is 104 cm³/mol. The highest BCUT2D eigenvalue weighted by molar-refractivity contribution is 5.92. The number of rotatable bonds is 6. The largest absolute Gasteiger partial charge is 0.493 e. The number of hydrogen-bond donors (Lipinski definition) is 0. The minimum atomic E-state index is 0.680. The molecule has 1 fully saturated rings. The quantitative estimate of drug-likeness (QED) is 0.655. The molecule has 0 aliphatic carbocycles. The molecule has 0 bridgehead atoms. The fourth-order valence-electron chi connectivity index (χ4n) is 3.48. The summed E-state index contributed by atoms with van der Waals surface area (Å²) in [5, 5.41) is 0.988. The molecule has 0 amide bonds. The van der Waals surface area contributed by atoms with Gasteiger partial charge in [0.05, 0.1) is 26.1 Å². The molecule has 0 N–H and O–H groups in total. The van der Waals surface area contributed by atoms with E-state index in [0.717, 1.165) is 56.0 Å². The minimum Gasteiger partial charge on any atom is -0.493 e. The molecule has 0 saturated carbocycles. The molecular weight excluding hydrogens is 344 g/mol. The minimum absolute atomic E-state index is 0.680. The zero-order valence-electron chi connectivity index (χ0n) is 15.7. The summed E-state index contributed by atoms with van der Waals surface area (Å²) in [7, 11) is 3.28. The lowest BCUT2D eigenvalue weighted by atomic mass is 10.2. The van der Waals surface area contributed by atoms with Gasteiger partial charge in [-0.15, -0.1) is 0 Å². The number of ether oxygens (including phenoxy) is 2. The second kappa shape index (κ2) is 7.79. The number of hydrogen-bond acceptors (Lipinski definition) is 7. The van der Waals surface area contributed by atoms with Crippen LogP contribution in [0.4, 0.5) is 5.82 Å². The molecule has 1 aliphatic heterocycles. The Kier molecular flexibility index (Phi) is 5.06. The normalized spacial score (nSPS) is 15.3. The molecule has 3 aromatic rings. The van der Waals surface area contributed by atoms with E-state index in [9.17, 15) is 0 Å². The van der Waals surface area contributed by atoms with E-state index in [1.54, 1.807) is 20.5 Å². The maximum absolute atomic E-state index is 5.46. The maximum Gasteiger partial charge on any atom is 0.162 e. The first-order chi connectivity index (χ1) is 13.3. The smallest absolute Gasteiger partial charge is 0.162 e. The van der Waals surface area contributed by atoms with Crippen LogP contribution < -0.4 is 14.4 Å². The van der Waals surface area contributed by atoms with Crippen molar-refractivity contribution in [2.24, 2.45) is 0 Å². The van der Waals surface area contributed by atoms with E-state index in [-0.39, 0.29) is 0 Å². The standard InChI is InChI=1S/C19H24N6O2/c1-26-17-11-15-16(12-18(17)27-2)21-13-22-19(15)25-9-7-23(8-10-25)5-6-24-4-3-20-14-24/h3-4,11-14H,5-10H2,1-2H3. The first kappa shape index (κ1) is 17.5. The van der Waals surface area contributed by atoms with Crippen molar-refractivity contribution in [1.29, 1.82) is 0 Å². The zero-order chi connectivity index (χ0) is 18.6. The molecule has 3 heterocycles. The highest BCUT2D eigenvalue weighted by Gasteiger charge is 2.21. The first-order valence-electron chi connectivity index (χ1n) is 9.08. The molecule has 2 aromatic heterocycles. The van der Waals surface area contributed by atoms with Crippen LogP contribution in [0.25, 0.3) is 10.9 Å². The SMILES string of the molecule is COc1cc2ncnc(N3CCN(CCn4ccnc4)CC3)c2cc1OC. The number of fused-ring (bicyclic) bond motifs is 1. The number of benzene rings is 1. The van der Waals surface area contributed by atoms with Gasteiger partial charge in [-0.25, -0.2) is 15.0 Å². The lowest BCUT2D eigenvalue weighted by Gasteiger charge is -2.35. The first-order valence-corrected chi connectivity index (χ1v) is 9.08. The van der Waals surface area contributed by atoms with Crippen LogP contribution in [-0.2, 0) is 6.54 Å². The Labute approximate surface area is 158 Å². The molecule has 1 saturated heterocycles. The number of piperazine rings is 1. The van der Waals surface area contributed by atoms with Crippen molar-refractivity contribution in [3.63, 3.8) is 0 Å². The Balaban J connectivity index is 1.48. The van der Waals surface area contributed by atoms with E-state index < -0.39 is 0 Å². The van der Waals surface area contributed by atoms with Gasteiger partial charge >= 0.3 is 0 Å². The number of imidazole rings is 1. The van der Waals surface area contributed by atoms with E-state index in [1.807, 2.05) is 30.9 Å². The van der Waals surface area contributed by atoms with E-state index in [4.69, 9.17) is 9.47 Å². The molecule has 142 valence electrons. The number of nitrogens with zero attached hydrogens (tertiary/aromatic N) is 6. The summed E-state index contributed by atoms with van der Waals surface area (Å²) in [6.45, 7) is 5.88. The summed E-state index contributed by atoms with van der Waals surface area (Å²) >= 11 is 0. The summed E-state index contributed by atoms with van der Waals surface area (Å²) < 4.78 is 13.0. The molecule has 27 heavy (non-hydrogen) atoms. The van der Waals surface area contributed by atoms with Crippen LogP contribution in [0.2, 0.25) is 0 Å². The van der Waals surface area contributed by atoms with Crippen molar-refractivity contribution in [2.75, 3.05) is 51.8 Å². The van der Waals surface area contributed by atoms with Crippen molar-refractivity contribution in [1.82, 2.24) is 24.4 Å². The van der Waals surface area contributed by atoms with Crippen LogP contribution in [0.15, 0.2) is 37.2 Å². The van der Waals surface area contributed by atoms with Gasteiger partial charge in [-0.2, -0.15) is 0 Å². The number of anilines is 1. The van der Waals surface area contributed by atoms with E-state index >= 15 is 0 Å². The second-order valence-electron chi connectivity index (χ2n) is 6.55. The van der Waals surface area contributed by atoms with Gasteiger partial charge in [0.15, 0.2) is 11.5 Å². The van der Waals surface area contributed by atoms with Gasteiger partial charge in [-0.1, -0.05) is 0 Å². The van der Waals surface area contributed by atoms with Gasteiger partial charge < -0.3 is 18.9 Å². The van der Waals surface area contributed by atoms with Gasteiger partial charge in [-0.05, 0) is 6.07 Å². The maximum atomic E-state index is 5.46. The Hall–Kier alpha value is -2.87. The van der Waals surface area contributed by atoms with Crippen LogP contribution in [0.1, 0.15) is 0 Å². The molecule has 1 aromatic carbocycles. The van der Waals surface area contributed by atoms with Gasteiger partial charge in [0.25, 0.3) is 0 Å². The molecule has 0 spiro atoms. The summed E-state index contributed by atoms with van der Waals surface area (Å²) in [5.74, 6) is 2.33. The Bertz CT molecular complexity index is 891. The molecule has 0 unspecified atom stereocenters. The molecule has 0 radical (unpaired) electrons. The van der Waals surface area contributed by atoms with Gasteiger partial charge in [0.1, 0.15) is 12.1 Å². The molecule has 4 rings (SSSR count). The van der Waals surface area contributed by atoms with Crippen molar-refractivity contribution in [3.05, 3.63) is 37.2 Å². The highest BCUT2D eigenvalue weighted by Crippen LogP contribution is 2.34. The predicted octanol–water partition coefficient (Wildman–Crippen LogP) is 1.67. The molecule has 8 heteroatoms. The van der Waals surface area contributed by atoms with Crippen molar-refractivity contribution >= 4 is 16.7 Å². The van der Waals surface area contributed by atoms with Crippen LogP contribution >= 0.6 is 0 Å². The summed E-state index contributed by atoms with van der Waals surface area (Å²) in [6, 6.07) is 3.87. The third-order valence-corrected chi connectivity index (χ3v) is 5.03. The average molecular weight is 368 g/mol. The summed E-state index contributed by atoms with van der Waals surface area (Å²) in [6.07, 6.45) is 7.31. The van der Waals surface area contributed by atoms with Crippen LogP contribution in [-0.4, -0.2) is 71.4 Å². The molecule has 0 atom stereocenters. The topological polar surface area (TPSA) is 68.5 Å². The van der Waals surface area contributed by atoms with Crippen molar-refractivity contribution in [2.45, 2.75) is 6.54 Å². The van der Waals surface area contributed by atoms with Crippen molar-refractivity contribution < 1.29 is 9.47 Å². The Morgan fingerprint density at radius 3 is 2.44 bits per heavy atom. The fraction of sp³-hybridized carbons (Fsp3) is 0.421. The van der Waals surface area contributed by atoms with Gasteiger partial charge in [0, 0.05) is 63.1 Å². The lowest BCUT2D eigenvalue weighted by Crippen LogP contribution is -2.47. The molecule has 1 aliphatic rings. The summed E-state index contributed by atoms with van der Waals surface area (Å²) in [5.41, 5.74) is 0.861.